The van der Waals surface area contributed by atoms with E-state index < -0.39 is 171 Å². The highest BCUT2D eigenvalue weighted by Crippen LogP contribution is 2.47. The highest BCUT2D eigenvalue weighted by Gasteiger charge is 2.34. The third-order valence-electron chi connectivity index (χ3n) is 25.1. The maximum Gasteiger partial charge on any atom is 0.294 e. The van der Waals surface area contributed by atoms with E-state index in [1.165, 1.54) is 0 Å². The van der Waals surface area contributed by atoms with Crippen LogP contribution in [0.5, 0.6) is 46.0 Å². The van der Waals surface area contributed by atoms with Crippen molar-refractivity contribution in [3.8, 4) is 46.0 Å². The quantitative estimate of drug-likeness (QED) is 0.0130. The average molecular weight is 2160 g/mol. The zero-order valence-corrected chi connectivity index (χ0v) is 90.4. The topological polar surface area (TPSA) is 509 Å². The van der Waals surface area contributed by atoms with Crippen LogP contribution in [-0.4, -0.2) is 157 Å². The molecule has 0 aromatic heterocycles. The third kappa shape index (κ3) is 35.9. The van der Waals surface area contributed by atoms with Gasteiger partial charge in [0.15, 0.2) is 0 Å². The number of hydrogen-bond acceptors (Lipinski definition) is 24. The molecule has 0 radical (unpaired) electrons. The van der Waals surface area contributed by atoms with Crippen LogP contribution in [0.4, 0.5) is 0 Å². The van der Waals surface area contributed by atoms with Crippen LogP contribution in [0.3, 0.4) is 0 Å². The van der Waals surface area contributed by atoms with Crippen molar-refractivity contribution >= 4 is 80.9 Å². The molecule has 0 saturated carbocycles. The molecule has 40 heteroatoms. The van der Waals surface area contributed by atoms with E-state index >= 15 is 0 Å². The van der Waals surface area contributed by atoms with Crippen molar-refractivity contribution < 1.29 is 142 Å². The Bertz CT molecular complexity index is 5280. The fourth-order valence-electron chi connectivity index (χ4n) is 17.8. The monoisotopic (exact) mass is 2160 g/mol. The van der Waals surface area contributed by atoms with E-state index in [1.54, 1.807) is 0 Å². The summed E-state index contributed by atoms with van der Waals surface area (Å²) in [6, 6.07) is 16.9. The first-order valence-electron chi connectivity index (χ1n) is 50.3. The van der Waals surface area contributed by atoms with Crippen LogP contribution >= 0.6 is 0 Å². The van der Waals surface area contributed by atoms with E-state index in [2.05, 4.69) is 0 Å². The second-order valence-corrected chi connectivity index (χ2v) is 48.4. The molecule has 800 valence electrons. The molecule has 9 rings (SSSR count). The van der Waals surface area contributed by atoms with E-state index in [-0.39, 0.29) is 188 Å². The molecule has 0 unspecified atom stereocenters. The lowest BCUT2D eigenvalue weighted by atomic mass is 9.91. The molecular formula is C104H144O32S8. The fraction of sp³-hybridized carbons (Fsp3) is 0.538. The van der Waals surface area contributed by atoms with Crippen molar-refractivity contribution in [1.29, 1.82) is 0 Å². The van der Waals surface area contributed by atoms with Crippen LogP contribution in [0.1, 0.15) is 350 Å². The lowest BCUT2D eigenvalue weighted by Gasteiger charge is -2.24. The molecule has 0 aliphatic heterocycles. The second-order valence-electron chi connectivity index (χ2n) is 37.1. The Morgan fingerprint density at radius 3 is 0.306 bits per heavy atom. The van der Waals surface area contributed by atoms with Gasteiger partial charge in [0.05, 0.1) is 92.0 Å². The summed E-state index contributed by atoms with van der Waals surface area (Å²) in [5.74, 6) is -1.13. The predicted molar refractivity (Wildman–Crippen MR) is 550 cm³/mol. The van der Waals surface area contributed by atoms with Gasteiger partial charge in [0.1, 0.15) is 46.0 Å². The van der Waals surface area contributed by atoms with Gasteiger partial charge in [0.2, 0.25) is 0 Å². The van der Waals surface area contributed by atoms with E-state index in [0.29, 0.717) is 154 Å². The van der Waals surface area contributed by atoms with Gasteiger partial charge in [-0.25, -0.2) is 0 Å². The number of benzene rings is 8. The van der Waals surface area contributed by atoms with Gasteiger partial charge in [-0.05, 0) is 148 Å². The standard InChI is InChI=1S/C104H144O32S8/c1-9-17-25-33-41-129-97-73-49-75-59-90(138(108,109)110)61-77(98(75)130-42-34-26-18-10-2)51-79-63-92(140(114,115)116)65-81(100(79)132-44-36-28-20-12-4)53-83-67-94(142(120,121)122)69-85(102(83)134-46-38-30-22-14-6)55-87-71-96(144(126,127)128)72-88(104(87)136-48-40-32-24-16-8)56-86-70-95(143(123,124)125)68-84(103(86)135-47-39-31-23-15-7)54-82-66-93(141(117,118)119)64-80(101(82)133-45-37-29-21-13-5)52-78-62-91(139(111,112)113)60-76(99(78)131-43-35-27-19-11-3)50-74(97)58-89(57-73)137(105,106)107/h57-72H,9-56H2,1-8H3,(H,105,106,107)(H,108,109,110)(H,111,112,113)(H,114,115,116)(H,117,118,119)(H,120,121,122)(H,123,124,125)(H,126,127,128). The smallest absolute Gasteiger partial charge is 0.294 e. The molecule has 1 aliphatic carbocycles. The zero-order chi connectivity index (χ0) is 105. The number of rotatable bonds is 56. The van der Waals surface area contributed by atoms with E-state index in [9.17, 15) is 104 Å². The Morgan fingerprint density at radius 1 is 0.153 bits per heavy atom. The van der Waals surface area contributed by atoms with Crippen LogP contribution in [0.25, 0.3) is 0 Å². The van der Waals surface area contributed by atoms with Gasteiger partial charge in [-0.1, -0.05) is 209 Å². The largest absolute Gasteiger partial charge is 0.493 e. The maximum atomic E-state index is 14.3. The molecule has 32 nitrogen and oxygen atoms in total. The Kier molecular flexibility index (Phi) is 46.0. The van der Waals surface area contributed by atoms with Gasteiger partial charge in [0.25, 0.3) is 80.9 Å². The van der Waals surface area contributed by atoms with Crippen molar-refractivity contribution in [3.63, 3.8) is 0 Å². The van der Waals surface area contributed by atoms with Crippen LogP contribution in [0, 0.1) is 0 Å². The molecule has 8 aromatic carbocycles. The normalized spacial score (nSPS) is 13.2. The zero-order valence-electron chi connectivity index (χ0n) is 83.8. The second kappa shape index (κ2) is 55.6. The highest BCUT2D eigenvalue weighted by atomic mass is 32.2. The molecule has 1 aliphatic rings. The average Bonchev–Trinajstić information content (AvgIpc) is 0.759. The third-order valence-corrected chi connectivity index (χ3v) is 31.8. The summed E-state index contributed by atoms with van der Waals surface area (Å²) in [6.45, 7) is 14.8. The van der Waals surface area contributed by atoms with Gasteiger partial charge in [-0.2, -0.15) is 67.3 Å². The van der Waals surface area contributed by atoms with Gasteiger partial charge >= 0.3 is 0 Å². The number of fused-ring (bicyclic) bond motifs is 16. The summed E-state index contributed by atoms with van der Waals surface area (Å²) in [6.07, 6.45) is 14.0. The Labute approximate surface area is 852 Å². The minimum Gasteiger partial charge on any atom is -0.493 e. The first-order chi connectivity index (χ1) is 68.2. The molecule has 0 spiro atoms. The van der Waals surface area contributed by atoms with Gasteiger partial charge in [-0.3, -0.25) is 36.4 Å². The Balaban J connectivity index is 1.57. The van der Waals surface area contributed by atoms with Crippen LogP contribution in [-0.2, 0) is 132 Å². The summed E-state index contributed by atoms with van der Waals surface area (Å²) in [7, 11) is -43.2. The molecular weight excluding hydrogens is 2020 g/mol. The van der Waals surface area contributed by atoms with E-state index in [4.69, 9.17) is 37.9 Å². The SMILES string of the molecule is CCCCCCOc1c2cc(S(=O)(=O)O)cc1Cc1cc(S(=O)(=O)O)cc(c1OCCCCCC)Cc1cc(S(=O)(=O)O)cc(c1OCCCCCC)Cc1cc(S(=O)(=O)O)cc(c1OCCCCCC)Cc1cc(S(=O)(=O)O)cc(c1OCCCCCC)Cc1cc(S(=O)(=O)O)cc(c1OCCCCCC)Cc1cc(S(=O)(=O)O)cc(c1OCCCCCC)Cc1cc(S(=O)(=O)O)cc(c1OCCCCCC)C2. The first kappa shape index (κ1) is 119. The van der Waals surface area contributed by atoms with Crippen molar-refractivity contribution in [2.45, 2.75) is 351 Å². The molecule has 0 amide bonds. The van der Waals surface area contributed by atoms with E-state index in [0.717, 1.165) is 148 Å². The minimum atomic E-state index is -5.39. The molecule has 8 aromatic rings. The molecule has 0 heterocycles. The summed E-state index contributed by atoms with van der Waals surface area (Å²) < 4.78 is 376. The van der Waals surface area contributed by atoms with Crippen molar-refractivity contribution in [2.75, 3.05) is 52.9 Å². The molecule has 0 saturated heterocycles. The van der Waals surface area contributed by atoms with E-state index in [1.807, 2.05) is 55.4 Å². The van der Waals surface area contributed by atoms with Crippen LogP contribution in [0.15, 0.2) is 136 Å². The van der Waals surface area contributed by atoms with Gasteiger partial charge in [-0.15, -0.1) is 0 Å². The molecule has 8 N–H and O–H groups in total. The predicted octanol–water partition coefficient (Wildman–Crippen LogP) is 22.4. The maximum absolute atomic E-state index is 14.3. The first-order valence-corrected chi connectivity index (χ1v) is 61.8. The molecule has 16 bridgehead atoms. The highest BCUT2D eigenvalue weighted by molar-refractivity contribution is 7.87. The number of unbranched alkanes of at least 4 members (excludes halogenated alkanes) is 24. The van der Waals surface area contributed by atoms with Gasteiger partial charge < -0.3 is 37.9 Å². The summed E-state index contributed by atoms with van der Waals surface area (Å²) in [5.41, 5.74) is -2.03. The van der Waals surface area contributed by atoms with Crippen molar-refractivity contribution in [3.05, 3.63) is 186 Å². The summed E-state index contributed by atoms with van der Waals surface area (Å²) >= 11 is 0. The summed E-state index contributed by atoms with van der Waals surface area (Å²) in [5, 5.41) is 0. The molecule has 0 fully saturated rings. The van der Waals surface area contributed by atoms with Crippen LogP contribution in [0.2, 0.25) is 0 Å². The van der Waals surface area contributed by atoms with Crippen molar-refractivity contribution in [2.24, 2.45) is 0 Å². The fourth-order valence-corrected chi connectivity index (χ4v) is 22.5. The van der Waals surface area contributed by atoms with Gasteiger partial charge in [0, 0.05) is 140 Å². The Hall–Kier alpha value is -8.56. The van der Waals surface area contributed by atoms with Crippen molar-refractivity contribution in [1.82, 2.24) is 0 Å². The summed E-state index contributed by atoms with van der Waals surface area (Å²) in [4.78, 5) is -6.44. The number of hydrogen-bond donors (Lipinski definition) is 8. The van der Waals surface area contributed by atoms with Crippen LogP contribution < -0.4 is 37.9 Å². The Morgan fingerprint density at radius 2 is 0.236 bits per heavy atom. The lowest BCUT2D eigenvalue weighted by Crippen LogP contribution is -2.14. The minimum absolute atomic E-state index is 0.122. The molecule has 0 atom stereocenters. The number of ether oxygens (including phenoxy) is 8. The lowest BCUT2D eigenvalue weighted by molar-refractivity contribution is 0.293. The molecule has 144 heavy (non-hydrogen) atoms.